The van der Waals surface area contributed by atoms with E-state index in [0.717, 1.165) is 37.3 Å². The van der Waals surface area contributed by atoms with Crippen LogP contribution in [-0.4, -0.2) is 11.9 Å². The largest absolute Gasteiger partial charge is 0.418 e. The molecule has 0 saturated heterocycles. The zero-order valence-corrected chi connectivity index (χ0v) is 17.5. The molecule has 0 bridgehead atoms. The Morgan fingerprint density at radius 3 is 2.27 bits per heavy atom. The summed E-state index contributed by atoms with van der Waals surface area (Å²) in [4.78, 5) is 13.2. The van der Waals surface area contributed by atoms with Gasteiger partial charge < -0.3 is 10.6 Å². The van der Waals surface area contributed by atoms with E-state index in [2.05, 4.69) is 5.32 Å². The molecular weight excluding hydrogens is 413 g/mol. The maximum atomic E-state index is 13.4. The van der Waals surface area contributed by atoms with Crippen molar-refractivity contribution in [1.82, 2.24) is 0 Å². The molecule has 0 unspecified atom stereocenters. The van der Waals surface area contributed by atoms with Crippen molar-refractivity contribution in [3.63, 3.8) is 0 Å². The Bertz CT molecular complexity index is 834. The second kappa shape index (κ2) is 10.3. The number of hydrogen-bond donors (Lipinski definition) is 2. The highest BCUT2D eigenvalue weighted by Crippen LogP contribution is 2.36. The van der Waals surface area contributed by atoms with Gasteiger partial charge in [0.2, 0.25) is 0 Å². The third-order valence-corrected chi connectivity index (χ3v) is 5.84. The quantitative estimate of drug-likeness (QED) is 0.615. The average molecular weight is 440 g/mol. The molecular formula is C23H27ClF3N2O+. The highest BCUT2D eigenvalue weighted by atomic mass is 35.5. The highest BCUT2D eigenvalue weighted by molar-refractivity contribution is 6.30. The van der Waals surface area contributed by atoms with E-state index in [9.17, 15) is 18.0 Å². The molecule has 0 heterocycles. The summed E-state index contributed by atoms with van der Waals surface area (Å²) in [6.07, 6.45) is 3.24. The first-order chi connectivity index (χ1) is 14.3. The van der Waals surface area contributed by atoms with Crippen LogP contribution in [0.2, 0.25) is 5.02 Å². The summed E-state index contributed by atoms with van der Waals surface area (Å²) in [5.74, 6) is -0.462. The molecule has 1 atom stereocenters. The van der Waals surface area contributed by atoms with Crippen molar-refractivity contribution in [3.05, 3.63) is 64.7 Å². The van der Waals surface area contributed by atoms with Crippen LogP contribution in [0.5, 0.6) is 0 Å². The Morgan fingerprint density at radius 2 is 1.63 bits per heavy atom. The van der Waals surface area contributed by atoms with Crippen LogP contribution in [0.1, 0.15) is 62.1 Å². The summed E-state index contributed by atoms with van der Waals surface area (Å²) in [5.41, 5.74) is -0.440. The molecule has 0 radical (unpaired) electrons. The van der Waals surface area contributed by atoms with E-state index in [1.165, 1.54) is 31.4 Å². The molecule has 7 heteroatoms. The molecule has 1 fully saturated rings. The zero-order valence-electron chi connectivity index (χ0n) is 16.7. The summed E-state index contributed by atoms with van der Waals surface area (Å²) in [6.45, 7) is 0. The van der Waals surface area contributed by atoms with Gasteiger partial charge in [-0.15, -0.1) is 0 Å². The number of nitrogens with two attached hydrogens (primary N) is 1. The number of halogens is 4. The number of anilines is 1. The van der Waals surface area contributed by atoms with E-state index in [0.29, 0.717) is 0 Å². The Morgan fingerprint density at radius 1 is 1.00 bits per heavy atom. The van der Waals surface area contributed by atoms with Crippen molar-refractivity contribution in [2.45, 2.75) is 63.2 Å². The van der Waals surface area contributed by atoms with Gasteiger partial charge in [-0.3, -0.25) is 4.79 Å². The van der Waals surface area contributed by atoms with E-state index < -0.39 is 23.7 Å². The van der Waals surface area contributed by atoms with Gasteiger partial charge in [-0.1, -0.05) is 61.2 Å². The van der Waals surface area contributed by atoms with E-state index in [-0.39, 0.29) is 16.8 Å². The average Bonchev–Trinajstić information content (AvgIpc) is 2.68. The standard InChI is InChI=1S/C23H26ClF3N2O/c24-17-13-14-20(19(15-17)23(25,26)27)29-22(30)21(16-9-5-4-6-10-16)28-18-11-7-2-1-3-8-12-18/h4-6,9-10,13-15,18,21,28H,1-3,7-8,11-12H2,(H,29,30)/p+1/t21-/m1/s1. The smallest absolute Gasteiger partial charge is 0.330 e. The summed E-state index contributed by atoms with van der Waals surface area (Å²) >= 11 is 5.76. The lowest BCUT2D eigenvalue weighted by molar-refractivity contribution is -0.716. The number of rotatable bonds is 5. The molecule has 0 spiro atoms. The van der Waals surface area contributed by atoms with Crippen molar-refractivity contribution >= 4 is 23.2 Å². The minimum absolute atomic E-state index is 0.0268. The summed E-state index contributed by atoms with van der Waals surface area (Å²) < 4.78 is 40.3. The molecule has 3 N–H and O–H groups in total. The third kappa shape index (κ3) is 6.22. The van der Waals surface area contributed by atoms with Crippen molar-refractivity contribution in [3.8, 4) is 0 Å². The minimum Gasteiger partial charge on any atom is -0.330 e. The van der Waals surface area contributed by atoms with E-state index in [1.807, 2.05) is 35.6 Å². The van der Waals surface area contributed by atoms with E-state index in [1.54, 1.807) is 0 Å². The van der Waals surface area contributed by atoms with Crippen LogP contribution in [0.25, 0.3) is 0 Å². The van der Waals surface area contributed by atoms with Gasteiger partial charge in [0.1, 0.15) is 0 Å². The van der Waals surface area contributed by atoms with Gasteiger partial charge in [-0.05, 0) is 43.9 Å². The van der Waals surface area contributed by atoms with Gasteiger partial charge in [-0.2, -0.15) is 13.2 Å². The fraction of sp³-hybridized carbons (Fsp3) is 0.435. The molecule has 3 nitrogen and oxygen atoms in total. The first-order valence-electron chi connectivity index (χ1n) is 10.4. The predicted molar refractivity (Wildman–Crippen MR) is 112 cm³/mol. The summed E-state index contributed by atoms with van der Waals surface area (Å²) in [5, 5.41) is 4.51. The van der Waals surface area contributed by atoms with Crippen molar-refractivity contribution in [1.29, 1.82) is 0 Å². The van der Waals surface area contributed by atoms with Crippen molar-refractivity contribution in [2.24, 2.45) is 0 Å². The molecule has 1 amide bonds. The normalized spacial score (nSPS) is 17.1. The topological polar surface area (TPSA) is 45.7 Å². The van der Waals surface area contributed by atoms with Crippen LogP contribution >= 0.6 is 11.6 Å². The maximum Gasteiger partial charge on any atom is 0.418 e. The first kappa shape index (κ1) is 22.6. The fourth-order valence-corrected chi connectivity index (χ4v) is 4.21. The maximum absolute atomic E-state index is 13.4. The molecule has 0 aliphatic heterocycles. The second-order valence-electron chi connectivity index (χ2n) is 7.86. The molecule has 1 saturated carbocycles. The van der Waals surface area contributed by atoms with Crippen molar-refractivity contribution in [2.75, 3.05) is 5.32 Å². The van der Waals surface area contributed by atoms with Crippen LogP contribution in [-0.2, 0) is 11.0 Å². The summed E-state index contributed by atoms with van der Waals surface area (Å²) in [7, 11) is 0. The van der Waals surface area contributed by atoms with Crippen molar-refractivity contribution < 1.29 is 23.3 Å². The van der Waals surface area contributed by atoms with Gasteiger partial charge in [0.25, 0.3) is 5.91 Å². The van der Waals surface area contributed by atoms with E-state index in [4.69, 9.17) is 11.6 Å². The Hall–Kier alpha value is -2.05. The van der Waals surface area contributed by atoms with Crippen LogP contribution in [0.4, 0.5) is 18.9 Å². The van der Waals surface area contributed by atoms with Gasteiger partial charge in [0.15, 0.2) is 6.04 Å². The summed E-state index contributed by atoms with van der Waals surface area (Å²) in [6, 6.07) is 12.3. The lowest BCUT2D eigenvalue weighted by atomic mass is 9.95. The number of carbonyl (C=O) groups excluding carboxylic acids is 1. The monoisotopic (exact) mass is 439 g/mol. The lowest BCUT2D eigenvalue weighted by Crippen LogP contribution is -2.92. The number of hydrogen-bond acceptors (Lipinski definition) is 1. The zero-order chi connectivity index (χ0) is 21.6. The van der Waals surface area contributed by atoms with Gasteiger partial charge >= 0.3 is 6.18 Å². The number of nitrogens with one attached hydrogen (secondary N) is 1. The molecule has 1 aliphatic rings. The Kier molecular flexibility index (Phi) is 7.78. The van der Waals surface area contributed by atoms with Crippen LogP contribution in [0, 0.1) is 0 Å². The molecule has 30 heavy (non-hydrogen) atoms. The molecule has 2 aromatic rings. The second-order valence-corrected chi connectivity index (χ2v) is 8.30. The third-order valence-electron chi connectivity index (χ3n) is 5.60. The van der Waals surface area contributed by atoms with Gasteiger partial charge in [0.05, 0.1) is 17.3 Å². The highest BCUT2D eigenvalue weighted by Gasteiger charge is 2.36. The molecule has 0 aromatic heterocycles. The van der Waals surface area contributed by atoms with E-state index >= 15 is 0 Å². The minimum atomic E-state index is -4.61. The van der Waals surface area contributed by atoms with Gasteiger partial charge in [0, 0.05) is 10.6 Å². The molecule has 162 valence electrons. The Labute approximate surface area is 180 Å². The SMILES string of the molecule is O=C(Nc1ccc(Cl)cc1C(F)(F)F)[C@H]([NH2+]C1CCCCCCC1)c1ccccc1. The molecule has 2 aromatic carbocycles. The number of carbonyl (C=O) groups is 1. The van der Waals surface area contributed by atoms with Gasteiger partial charge in [-0.25, -0.2) is 0 Å². The predicted octanol–water partition coefficient (Wildman–Crippen LogP) is 5.71. The lowest BCUT2D eigenvalue weighted by Gasteiger charge is -2.24. The molecule has 1 aliphatic carbocycles. The number of quaternary nitrogens is 1. The number of amides is 1. The first-order valence-corrected chi connectivity index (χ1v) is 10.8. The number of benzene rings is 2. The number of alkyl halides is 3. The Balaban J connectivity index is 1.84. The van der Waals surface area contributed by atoms with Crippen LogP contribution in [0.3, 0.4) is 0 Å². The van der Waals surface area contributed by atoms with Crippen LogP contribution in [0.15, 0.2) is 48.5 Å². The fourth-order valence-electron chi connectivity index (χ4n) is 4.03. The van der Waals surface area contributed by atoms with Crippen LogP contribution < -0.4 is 10.6 Å². The molecule has 3 rings (SSSR count).